The average Bonchev–Trinajstić information content (AvgIpc) is 3.50. The van der Waals surface area contributed by atoms with E-state index in [0.29, 0.717) is 35.3 Å². The molecule has 2 saturated heterocycles. The summed E-state index contributed by atoms with van der Waals surface area (Å²) >= 11 is 1.46. The molecular weight excluding hydrogens is 492 g/mol. The number of aromatic nitrogens is 1. The Kier molecular flexibility index (Phi) is 7.78. The Balaban J connectivity index is 1.40. The number of hydrogen-bond donors (Lipinski definition) is 0. The molecule has 2 fully saturated rings. The van der Waals surface area contributed by atoms with Crippen molar-refractivity contribution in [2.45, 2.75) is 26.2 Å². The number of para-hydroxylation sites is 1. The third-order valence-electron chi connectivity index (χ3n) is 6.53. The van der Waals surface area contributed by atoms with Gasteiger partial charge in [0.1, 0.15) is 11.3 Å². The van der Waals surface area contributed by atoms with Gasteiger partial charge in [0.25, 0.3) is 5.91 Å². The number of carbonyl (C=O) groups excluding carboxylic acids is 3. The first-order valence-electron chi connectivity index (χ1n) is 12.7. The molecule has 9 nitrogen and oxygen atoms in total. The number of benzene rings is 2. The van der Waals surface area contributed by atoms with Crippen LogP contribution in [0.25, 0.3) is 10.2 Å². The van der Waals surface area contributed by atoms with Gasteiger partial charge in [-0.05, 0) is 49.7 Å². The van der Waals surface area contributed by atoms with Crippen LogP contribution in [0.5, 0.6) is 5.75 Å². The minimum atomic E-state index is -0.214. The Bertz CT molecular complexity index is 1270. The Morgan fingerprint density at radius 2 is 1.81 bits per heavy atom. The number of hydrogen-bond acceptors (Lipinski definition) is 8. The number of nitrogens with zero attached hydrogens (tertiary/aromatic N) is 4. The van der Waals surface area contributed by atoms with Gasteiger partial charge in [-0.15, -0.1) is 0 Å². The fourth-order valence-electron chi connectivity index (χ4n) is 4.63. The molecule has 3 heterocycles. The molecule has 2 aliphatic heterocycles. The quantitative estimate of drug-likeness (QED) is 0.396. The lowest BCUT2D eigenvalue weighted by Crippen LogP contribution is -2.39. The molecule has 3 aromatic rings. The topological polar surface area (TPSA) is 92.3 Å². The van der Waals surface area contributed by atoms with Crippen LogP contribution in [0.2, 0.25) is 0 Å². The van der Waals surface area contributed by atoms with Crippen molar-refractivity contribution < 1.29 is 23.9 Å². The van der Waals surface area contributed by atoms with Crippen LogP contribution in [0.3, 0.4) is 0 Å². The van der Waals surface area contributed by atoms with Crippen molar-refractivity contribution in [1.82, 2.24) is 9.88 Å². The van der Waals surface area contributed by atoms with E-state index in [0.717, 1.165) is 49.5 Å². The first-order chi connectivity index (χ1) is 18.0. The number of morpholine rings is 1. The molecular formula is C27H30N4O5S. The summed E-state index contributed by atoms with van der Waals surface area (Å²) in [5.74, 6) is 0.0962. The van der Waals surface area contributed by atoms with Gasteiger partial charge in [0, 0.05) is 44.6 Å². The van der Waals surface area contributed by atoms with Gasteiger partial charge >= 0.3 is 0 Å². The van der Waals surface area contributed by atoms with Crippen LogP contribution >= 0.6 is 11.3 Å². The van der Waals surface area contributed by atoms with Crippen molar-refractivity contribution in [2.24, 2.45) is 0 Å². The molecule has 5 rings (SSSR count). The normalized spacial score (nSPS) is 16.5. The Hall–Kier alpha value is -3.34. The highest BCUT2D eigenvalue weighted by atomic mass is 32.1. The molecule has 0 unspecified atom stereocenters. The standard InChI is InChI=1S/C27H30N4O5S/c1-2-36-21-5-3-6-22-25(21)28-27(37-22)30(14-4-13-29-15-17-35-18-16-29)26(34)19-7-9-20(10-8-19)31-23(32)11-12-24(31)33/h3,5-10H,2,4,11-18H2,1H3. The summed E-state index contributed by atoms with van der Waals surface area (Å²) in [6.07, 6.45) is 1.23. The van der Waals surface area contributed by atoms with Crippen molar-refractivity contribution in [2.75, 3.05) is 55.8 Å². The molecule has 3 amide bonds. The molecule has 194 valence electrons. The Morgan fingerprint density at radius 3 is 2.51 bits per heavy atom. The molecule has 1 aromatic heterocycles. The second kappa shape index (κ2) is 11.4. The second-order valence-electron chi connectivity index (χ2n) is 8.97. The van der Waals surface area contributed by atoms with Crippen molar-refractivity contribution in [3.63, 3.8) is 0 Å². The summed E-state index contributed by atoms with van der Waals surface area (Å²) < 4.78 is 12.2. The summed E-state index contributed by atoms with van der Waals surface area (Å²) in [6, 6.07) is 12.5. The van der Waals surface area contributed by atoms with Crippen molar-refractivity contribution in [3.8, 4) is 5.75 Å². The molecule has 0 bridgehead atoms. The summed E-state index contributed by atoms with van der Waals surface area (Å²) in [5.41, 5.74) is 1.71. The lowest BCUT2D eigenvalue weighted by Gasteiger charge is -2.27. The van der Waals surface area contributed by atoms with E-state index >= 15 is 0 Å². The van der Waals surface area contributed by atoms with Gasteiger partial charge in [0.15, 0.2) is 5.13 Å². The third-order valence-corrected chi connectivity index (χ3v) is 7.57. The number of anilines is 2. The third kappa shape index (κ3) is 5.51. The smallest absolute Gasteiger partial charge is 0.260 e. The molecule has 2 aromatic carbocycles. The monoisotopic (exact) mass is 522 g/mol. The summed E-state index contributed by atoms with van der Waals surface area (Å²) in [5, 5.41) is 0.614. The molecule has 37 heavy (non-hydrogen) atoms. The number of ether oxygens (including phenoxy) is 2. The fraction of sp³-hybridized carbons (Fsp3) is 0.407. The number of carbonyl (C=O) groups is 3. The molecule has 2 aliphatic rings. The molecule has 0 saturated carbocycles. The van der Waals surface area contributed by atoms with E-state index in [-0.39, 0.29) is 30.6 Å². The summed E-state index contributed by atoms with van der Waals surface area (Å²) in [4.78, 5) is 48.0. The number of fused-ring (bicyclic) bond motifs is 1. The van der Waals surface area contributed by atoms with Crippen LogP contribution in [0.4, 0.5) is 10.8 Å². The van der Waals surface area contributed by atoms with Crippen LogP contribution < -0.4 is 14.5 Å². The van der Waals surface area contributed by atoms with Gasteiger partial charge in [0.2, 0.25) is 11.8 Å². The van der Waals surface area contributed by atoms with E-state index in [1.807, 2.05) is 25.1 Å². The maximum atomic E-state index is 13.8. The highest BCUT2D eigenvalue weighted by molar-refractivity contribution is 7.22. The lowest BCUT2D eigenvalue weighted by molar-refractivity contribution is -0.121. The van der Waals surface area contributed by atoms with E-state index in [4.69, 9.17) is 14.5 Å². The molecule has 10 heteroatoms. The van der Waals surface area contributed by atoms with Gasteiger partial charge in [0.05, 0.1) is 30.2 Å². The van der Waals surface area contributed by atoms with Gasteiger partial charge < -0.3 is 9.47 Å². The highest BCUT2D eigenvalue weighted by Crippen LogP contribution is 2.35. The van der Waals surface area contributed by atoms with Crippen molar-refractivity contribution >= 4 is 50.1 Å². The van der Waals surface area contributed by atoms with Crippen LogP contribution in [0.1, 0.15) is 36.5 Å². The minimum Gasteiger partial charge on any atom is -0.492 e. The van der Waals surface area contributed by atoms with E-state index in [2.05, 4.69) is 4.90 Å². The van der Waals surface area contributed by atoms with Gasteiger partial charge in [-0.3, -0.25) is 29.1 Å². The first-order valence-corrected chi connectivity index (χ1v) is 13.5. The molecule has 0 radical (unpaired) electrons. The van der Waals surface area contributed by atoms with Crippen LogP contribution in [0, 0.1) is 0 Å². The molecule has 0 N–H and O–H groups in total. The number of thiazole rings is 1. The van der Waals surface area contributed by atoms with Crippen LogP contribution in [-0.2, 0) is 14.3 Å². The van der Waals surface area contributed by atoms with E-state index in [9.17, 15) is 14.4 Å². The summed E-state index contributed by atoms with van der Waals surface area (Å²) in [7, 11) is 0. The Morgan fingerprint density at radius 1 is 1.08 bits per heavy atom. The van der Waals surface area contributed by atoms with Crippen molar-refractivity contribution in [3.05, 3.63) is 48.0 Å². The van der Waals surface area contributed by atoms with E-state index in [1.54, 1.807) is 29.2 Å². The maximum Gasteiger partial charge on any atom is 0.260 e. The first kappa shape index (κ1) is 25.3. The predicted molar refractivity (Wildman–Crippen MR) is 143 cm³/mol. The zero-order chi connectivity index (χ0) is 25.8. The fourth-order valence-corrected chi connectivity index (χ4v) is 5.64. The molecule has 0 spiro atoms. The van der Waals surface area contributed by atoms with E-state index < -0.39 is 0 Å². The van der Waals surface area contributed by atoms with Gasteiger partial charge in [-0.2, -0.15) is 0 Å². The van der Waals surface area contributed by atoms with E-state index in [1.165, 1.54) is 16.2 Å². The second-order valence-corrected chi connectivity index (χ2v) is 9.98. The molecule has 0 aliphatic carbocycles. The van der Waals surface area contributed by atoms with Gasteiger partial charge in [-0.1, -0.05) is 17.4 Å². The number of imide groups is 1. The summed E-state index contributed by atoms with van der Waals surface area (Å²) in [6.45, 7) is 7.07. The largest absolute Gasteiger partial charge is 0.492 e. The van der Waals surface area contributed by atoms with Crippen LogP contribution in [0.15, 0.2) is 42.5 Å². The zero-order valence-electron chi connectivity index (χ0n) is 20.9. The minimum absolute atomic E-state index is 0.176. The zero-order valence-corrected chi connectivity index (χ0v) is 21.7. The highest BCUT2D eigenvalue weighted by Gasteiger charge is 2.30. The SMILES string of the molecule is CCOc1cccc2sc(N(CCCN3CCOCC3)C(=O)c3ccc(N4C(=O)CCC4=O)cc3)nc12. The average molecular weight is 523 g/mol. The van der Waals surface area contributed by atoms with Gasteiger partial charge in [-0.25, -0.2) is 4.98 Å². The van der Waals surface area contributed by atoms with Crippen molar-refractivity contribution in [1.29, 1.82) is 0 Å². The predicted octanol–water partition coefficient (Wildman–Crippen LogP) is 3.72. The number of amides is 3. The maximum absolute atomic E-state index is 13.8. The molecule has 0 atom stereocenters. The van der Waals surface area contributed by atoms with Crippen LogP contribution in [-0.4, -0.2) is 73.6 Å². The Labute approximate surface area is 219 Å². The number of rotatable bonds is 9. The lowest BCUT2D eigenvalue weighted by atomic mass is 10.1.